The van der Waals surface area contributed by atoms with E-state index >= 15 is 0 Å². The van der Waals surface area contributed by atoms with Crippen LogP contribution in [0.1, 0.15) is 55.4 Å². The summed E-state index contributed by atoms with van der Waals surface area (Å²) in [6.45, 7) is 4.09. The van der Waals surface area contributed by atoms with Crippen molar-refractivity contribution < 1.29 is 18.0 Å². The number of nitrogens with zero attached hydrogens (tertiary/aromatic N) is 1. The van der Waals surface area contributed by atoms with Crippen LogP contribution in [-0.4, -0.2) is 94.5 Å². The summed E-state index contributed by atoms with van der Waals surface area (Å²) in [6.07, 6.45) is 6.10. The van der Waals surface area contributed by atoms with Crippen molar-refractivity contribution in [2.24, 2.45) is 0 Å². The Labute approximate surface area is 214 Å². The minimum absolute atomic E-state index is 0. The van der Waals surface area contributed by atoms with Crippen LogP contribution >= 0.6 is 0 Å². The molecule has 1 saturated heterocycles. The van der Waals surface area contributed by atoms with Gasteiger partial charge in [0.25, 0.3) is 0 Å². The third-order valence-corrected chi connectivity index (χ3v) is 7.79. The van der Waals surface area contributed by atoms with Crippen LogP contribution in [-0.2, 0) is 40.5 Å². The summed E-state index contributed by atoms with van der Waals surface area (Å²) in [5.41, 5.74) is 5.58. The molecule has 1 aromatic rings. The second kappa shape index (κ2) is 8.96. The molecule has 1 atom stereocenters. The van der Waals surface area contributed by atoms with Crippen LogP contribution in [0.25, 0.3) is 0 Å². The number of likely N-dealkylation sites (tertiary alicyclic amines) is 1. The Morgan fingerprint density at radius 1 is 1.10 bits per heavy atom. The van der Waals surface area contributed by atoms with Crippen LogP contribution in [0.4, 0.5) is 10.5 Å². The van der Waals surface area contributed by atoms with Crippen molar-refractivity contribution >= 4 is 79.0 Å². The molecule has 0 aromatic heterocycles. The maximum Gasteiger partial charge on any atom is 0.332 e. The second-order valence-electron chi connectivity index (χ2n) is 8.24. The summed E-state index contributed by atoms with van der Waals surface area (Å²) in [4.78, 5) is 26.5. The average molecular weight is 445 g/mol. The molecular weight excluding hydrogens is 417 g/mol. The molecule has 0 spiro atoms. The summed E-state index contributed by atoms with van der Waals surface area (Å²) in [5.74, 6) is -0.434. The number of amides is 3. The predicted molar refractivity (Wildman–Crippen MR) is 113 cm³/mol. The number of hydrogen-bond acceptors (Lipinski definition) is 4. The van der Waals surface area contributed by atoms with Gasteiger partial charge in [-0.05, 0) is 81.0 Å². The van der Waals surface area contributed by atoms with Crippen molar-refractivity contribution in [2.45, 2.75) is 70.1 Å². The molecule has 1 heterocycles. The van der Waals surface area contributed by atoms with E-state index in [0.717, 1.165) is 55.3 Å². The molecule has 4 rings (SSSR count). The number of benzene rings is 1. The van der Waals surface area contributed by atoms with Crippen LogP contribution < -0.4 is 10.0 Å². The van der Waals surface area contributed by atoms with Crippen molar-refractivity contribution in [3.05, 3.63) is 28.3 Å². The van der Waals surface area contributed by atoms with Gasteiger partial charge in [0.2, 0.25) is 15.9 Å². The SMILES string of the molecule is CC(C)N1CCC(S(=O)(=O)NC(=O)Nc2c3c(cc4c2CCC4)CCC3)C1=O.[K]. The third kappa shape index (κ3) is 4.45. The summed E-state index contributed by atoms with van der Waals surface area (Å²) < 4.78 is 27.4. The molecule has 153 valence electrons. The normalized spacial score (nSPS) is 20.4. The maximum absolute atomic E-state index is 12.7. The minimum Gasteiger partial charge on any atom is -0.339 e. The second-order valence-corrected chi connectivity index (χ2v) is 10.1. The van der Waals surface area contributed by atoms with E-state index in [1.54, 1.807) is 4.90 Å². The number of fused-ring (bicyclic) bond motifs is 2. The van der Waals surface area contributed by atoms with Gasteiger partial charge >= 0.3 is 6.03 Å². The zero-order chi connectivity index (χ0) is 20.1. The molecule has 0 saturated carbocycles. The Balaban J connectivity index is 0.00000240. The van der Waals surface area contributed by atoms with Gasteiger partial charge in [-0.1, -0.05) is 6.07 Å². The number of hydrogen-bond donors (Lipinski definition) is 2. The first kappa shape index (κ1) is 23.2. The van der Waals surface area contributed by atoms with Gasteiger partial charge in [-0.15, -0.1) is 0 Å². The molecule has 0 bridgehead atoms. The molecule has 1 unspecified atom stereocenters. The number of rotatable bonds is 4. The maximum atomic E-state index is 12.7. The van der Waals surface area contributed by atoms with Crippen molar-refractivity contribution in [2.75, 3.05) is 11.9 Å². The predicted octanol–water partition coefficient (Wildman–Crippen LogP) is 1.74. The summed E-state index contributed by atoms with van der Waals surface area (Å²) in [6, 6.07) is 1.42. The Hall–Kier alpha value is -0.454. The summed E-state index contributed by atoms with van der Waals surface area (Å²) in [5, 5.41) is 1.62. The molecule has 1 radical (unpaired) electrons. The monoisotopic (exact) mass is 444 g/mol. The number of carbonyl (C=O) groups excluding carboxylic acids is 2. The smallest absolute Gasteiger partial charge is 0.332 e. The first-order valence-corrected chi connectivity index (χ1v) is 11.6. The first-order chi connectivity index (χ1) is 13.3. The molecule has 1 aromatic carbocycles. The Morgan fingerprint density at radius 2 is 1.69 bits per heavy atom. The number of nitrogens with one attached hydrogen (secondary N) is 2. The topological polar surface area (TPSA) is 95.6 Å². The van der Waals surface area contributed by atoms with E-state index in [-0.39, 0.29) is 63.8 Å². The van der Waals surface area contributed by atoms with E-state index in [9.17, 15) is 18.0 Å². The standard InChI is InChI=1S/C20H27N3O4S.K/c1-12(2)23-10-9-17(19(23)24)28(26,27)22-20(25)21-18-15-7-3-5-13(15)11-14-6-4-8-16(14)18;/h11-12,17H,3-10H2,1-2H3,(H2,21,22,25);. The fraction of sp³-hybridized carbons (Fsp3) is 0.600. The number of sulfonamides is 1. The van der Waals surface area contributed by atoms with E-state index in [4.69, 9.17) is 0 Å². The van der Waals surface area contributed by atoms with Gasteiger partial charge in [0.05, 0.1) is 0 Å². The molecule has 7 nitrogen and oxygen atoms in total. The molecule has 29 heavy (non-hydrogen) atoms. The van der Waals surface area contributed by atoms with Gasteiger partial charge in [-0.25, -0.2) is 17.9 Å². The molecule has 9 heteroatoms. The van der Waals surface area contributed by atoms with Gasteiger partial charge in [0.1, 0.15) is 0 Å². The molecule has 3 aliphatic rings. The van der Waals surface area contributed by atoms with Crippen molar-refractivity contribution in [3.63, 3.8) is 0 Å². The first-order valence-electron chi connectivity index (χ1n) is 10.1. The van der Waals surface area contributed by atoms with Crippen molar-refractivity contribution in [3.8, 4) is 0 Å². The quantitative estimate of drug-likeness (QED) is 0.692. The number of aryl methyl sites for hydroxylation is 2. The van der Waals surface area contributed by atoms with Gasteiger partial charge in [-0.3, -0.25) is 4.79 Å². The van der Waals surface area contributed by atoms with E-state index in [1.165, 1.54) is 11.1 Å². The van der Waals surface area contributed by atoms with Crippen molar-refractivity contribution in [1.29, 1.82) is 0 Å². The average Bonchev–Trinajstić information content (AvgIpc) is 3.32. The number of urea groups is 1. The fourth-order valence-corrected chi connectivity index (χ4v) is 6.05. The van der Waals surface area contributed by atoms with Gasteiger partial charge in [0.15, 0.2) is 5.25 Å². The summed E-state index contributed by atoms with van der Waals surface area (Å²) >= 11 is 0. The molecule has 2 aliphatic carbocycles. The van der Waals surface area contributed by atoms with Crippen LogP contribution in [0.15, 0.2) is 6.07 Å². The van der Waals surface area contributed by atoms with Crippen LogP contribution in [0.2, 0.25) is 0 Å². The van der Waals surface area contributed by atoms with E-state index in [0.29, 0.717) is 6.54 Å². The summed E-state index contributed by atoms with van der Waals surface area (Å²) in [7, 11) is -4.08. The van der Waals surface area contributed by atoms with Gasteiger partial charge < -0.3 is 10.2 Å². The van der Waals surface area contributed by atoms with Gasteiger partial charge in [0, 0.05) is 69.7 Å². The molecular formula is C20H27KN3O4S. The number of carbonyl (C=O) groups is 2. The Bertz CT molecular complexity index is 913. The van der Waals surface area contributed by atoms with Crippen molar-refractivity contribution in [1.82, 2.24) is 9.62 Å². The van der Waals surface area contributed by atoms with E-state index < -0.39 is 27.2 Å². The fourth-order valence-electron chi connectivity index (χ4n) is 4.78. The van der Waals surface area contributed by atoms with E-state index in [2.05, 4.69) is 16.1 Å². The zero-order valence-corrected chi connectivity index (χ0v) is 21.3. The molecule has 2 N–H and O–H groups in total. The van der Waals surface area contributed by atoms with Crippen LogP contribution in [0.5, 0.6) is 0 Å². The Morgan fingerprint density at radius 3 is 2.21 bits per heavy atom. The van der Waals surface area contributed by atoms with E-state index in [1.807, 2.05) is 13.8 Å². The zero-order valence-electron chi connectivity index (χ0n) is 17.4. The van der Waals surface area contributed by atoms with Gasteiger partial charge in [-0.2, -0.15) is 0 Å². The van der Waals surface area contributed by atoms with Crippen LogP contribution in [0, 0.1) is 0 Å². The Kier molecular flexibility index (Phi) is 7.17. The molecule has 1 aliphatic heterocycles. The molecule has 1 fully saturated rings. The largest absolute Gasteiger partial charge is 0.339 e. The minimum atomic E-state index is -4.08. The third-order valence-electron chi connectivity index (χ3n) is 6.14. The molecule has 3 amide bonds. The van der Waals surface area contributed by atoms with Crippen LogP contribution in [0.3, 0.4) is 0 Å². The number of anilines is 1.